The molecule has 1 saturated heterocycles. The zero-order chi connectivity index (χ0) is 7.45. The summed E-state index contributed by atoms with van der Waals surface area (Å²) in [7, 11) is 0. The average Bonchev–Trinajstić information content (AvgIpc) is 1.89. The van der Waals surface area contributed by atoms with Crippen LogP contribution in [0.5, 0.6) is 0 Å². The highest BCUT2D eigenvalue weighted by Gasteiger charge is 2.26. The molecule has 0 radical (unpaired) electrons. The Hall–Kier alpha value is -0.660. The Labute approximate surface area is 60.1 Å². The maximum absolute atomic E-state index is 9.95. The number of hydrogen-bond acceptors (Lipinski definition) is 3. The van der Waals surface area contributed by atoms with Gasteiger partial charge < -0.3 is 4.74 Å². The molecule has 0 saturated carbocycles. The van der Waals surface area contributed by atoms with E-state index < -0.39 is 0 Å². The van der Waals surface area contributed by atoms with E-state index in [1.807, 2.05) is 6.92 Å². The summed E-state index contributed by atoms with van der Waals surface area (Å²) in [5.41, 5.74) is -0.194. The average molecular weight is 141 g/mol. The normalized spacial score (nSPS) is 23.3. The second-order valence-electron chi connectivity index (χ2n) is 2.81. The molecule has 0 spiro atoms. The van der Waals surface area contributed by atoms with Gasteiger partial charge in [0.05, 0.1) is 5.54 Å². The molecule has 0 atom stereocenters. The van der Waals surface area contributed by atoms with Crippen LogP contribution in [0.15, 0.2) is 4.99 Å². The molecule has 3 heteroatoms. The van der Waals surface area contributed by atoms with E-state index >= 15 is 0 Å². The molecule has 1 rings (SSSR count). The topological polar surface area (TPSA) is 38.7 Å². The largest absolute Gasteiger partial charge is 0.381 e. The van der Waals surface area contributed by atoms with Gasteiger partial charge >= 0.3 is 0 Å². The lowest BCUT2D eigenvalue weighted by Crippen LogP contribution is -2.30. The Morgan fingerprint density at radius 3 is 2.60 bits per heavy atom. The molecule has 0 amide bonds. The first-order valence-electron chi connectivity index (χ1n) is 3.44. The van der Waals surface area contributed by atoms with Crippen molar-refractivity contribution in [2.45, 2.75) is 25.3 Å². The Morgan fingerprint density at radius 2 is 2.10 bits per heavy atom. The molecule has 0 N–H and O–H groups in total. The van der Waals surface area contributed by atoms with Gasteiger partial charge in [-0.15, -0.1) is 0 Å². The van der Waals surface area contributed by atoms with Crippen molar-refractivity contribution in [1.29, 1.82) is 0 Å². The lowest BCUT2D eigenvalue weighted by Gasteiger charge is -2.27. The van der Waals surface area contributed by atoms with Crippen LogP contribution in [0.25, 0.3) is 0 Å². The van der Waals surface area contributed by atoms with E-state index in [0.717, 1.165) is 12.8 Å². The fraction of sp³-hybridized carbons (Fsp3) is 0.857. The van der Waals surface area contributed by atoms with Gasteiger partial charge in [-0.25, -0.2) is 4.79 Å². The van der Waals surface area contributed by atoms with Crippen LogP contribution in [0.2, 0.25) is 0 Å². The molecule has 1 aliphatic heterocycles. The van der Waals surface area contributed by atoms with Crippen LogP contribution in [-0.4, -0.2) is 24.8 Å². The van der Waals surface area contributed by atoms with Crippen molar-refractivity contribution >= 4 is 6.08 Å². The molecule has 56 valence electrons. The Bertz CT molecular complexity index is 155. The molecule has 3 nitrogen and oxygen atoms in total. The number of ether oxygens (including phenoxy) is 1. The van der Waals surface area contributed by atoms with Gasteiger partial charge in [0.1, 0.15) is 0 Å². The number of nitrogens with zero attached hydrogens (tertiary/aromatic N) is 1. The summed E-state index contributed by atoms with van der Waals surface area (Å²) < 4.78 is 5.12. The van der Waals surface area contributed by atoms with Gasteiger partial charge in [-0.2, -0.15) is 4.99 Å². The van der Waals surface area contributed by atoms with E-state index in [-0.39, 0.29) is 5.54 Å². The van der Waals surface area contributed by atoms with Crippen LogP contribution in [0.4, 0.5) is 0 Å². The van der Waals surface area contributed by atoms with Crippen molar-refractivity contribution < 1.29 is 9.53 Å². The minimum Gasteiger partial charge on any atom is -0.381 e. The Balaban J connectivity index is 2.56. The quantitative estimate of drug-likeness (QED) is 0.402. The van der Waals surface area contributed by atoms with Gasteiger partial charge in [0.15, 0.2) is 0 Å². The van der Waals surface area contributed by atoms with Crippen molar-refractivity contribution in [2.24, 2.45) is 4.99 Å². The summed E-state index contributed by atoms with van der Waals surface area (Å²) in [4.78, 5) is 13.7. The molecular weight excluding hydrogens is 130 g/mol. The Kier molecular flexibility index (Phi) is 2.20. The number of isocyanates is 1. The minimum atomic E-state index is -0.194. The summed E-state index contributed by atoms with van der Waals surface area (Å²) >= 11 is 0. The van der Waals surface area contributed by atoms with Gasteiger partial charge in [0.25, 0.3) is 0 Å². The second-order valence-corrected chi connectivity index (χ2v) is 2.81. The smallest absolute Gasteiger partial charge is 0.235 e. The molecule has 1 heterocycles. The number of hydrogen-bond donors (Lipinski definition) is 0. The molecule has 0 aromatic rings. The standard InChI is InChI=1S/C7H11NO2/c1-7(8-6-9)2-4-10-5-3-7/h2-5H2,1H3. The third-order valence-electron chi connectivity index (χ3n) is 1.89. The van der Waals surface area contributed by atoms with E-state index in [0.29, 0.717) is 13.2 Å². The van der Waals surface area contributed by atoms with Crippen molar-refractivity contribution in [2.75, 3.05) is 13.2 Å². The molecule has 0 aromatic carbocycles. The van der Waals surface area contributed by atoms with Crippen molar-refractivity contribution in [3.05, 3.63) is 0 Å². The first-order valence-corrected chi connectivity index (χ1v) is 3.44. The van der Waals surface area contributed by atoms with E-state index in [1.165, 1.54) is 0 Å². The third kappa shape index (κ3) is 1.66. The van der Waals surface area contributed by atoms with Crippen LogP contribution in [0, 0.1) is 0 Å². The fourth-order valence-electron chi connectivity index (χ4n) is 1.03. The third-order valence-corrected chi connectivity index (χ3v) is 1.89. The zero-order valence-corrected chi connectivity index (χ0v) is 6.09. The highest BCUT2D eigenvalue weighted by atomic mass is 16.5. The molecule has 1 aliphatic rings. The fourth-order valence-corrected chi connectivity index (χ4v) is 1.03. The van der Waals surface area contributed by atoms with Crippen molar-refractivity contribution in [3.63, 3.8) is 0 Å². The monoisotopic (exact) mass is 141 g/mol. The predicted octanol–water partition coefficient (Wildman–Crippen LogP) is 0.891. The summed E-state index contributed by atoms with van der Waals surface area (Å²) in [6, 6.07) is 0. The SMILES string of the molecule is CC1(N=C=O)CCOCC1. The summed E-state index contributed by atoms with van der Waals surface area (Å²) in [5.74, 6) is 0. The Morgan fingerprint density at radius 1 is 1.50 bits per heavy atom. The highest BCUT2D eigenvalue weighted by molar-refractivity contribution is 5.34. The predicted molar refractivity (Wildman–Crippen MR) is 36.6 cm³/mol. The van der Waals surface area contributed by atoms with Gasteiger partial charge in [0.2, 0.25) is 6.08 Å². The molecular formula is C7H11NO2. The van der Waals surface area contributed by atoms with Crippen LogP contribution in [0.3, 0.4) is 0 Å². The minimum absolute atomic E-state index is 0.194. The van der Waals surface area contributed by atoms with E-state index in [1.54, 1.807) is 6.08 Å². The van der Waals surface area contributed by atoms with E-state index in [4.69, 9.17) is 4.74 Å². The van der Waals surface area contributed by atoms with Crippen LogP contribution in [0.1, 0.15) is 19.8 Å². The van der Waals surface area contributed by atoms with E-state index in [2.05, 4.69) is 4.99 Å². The van der Waals surface area contributed by atoms with Crippen LogP contribution in [-0.2, 0) is 9.53 Å². The van der Waals surface area contributed by atoms with Crippen molar-refractivity contribution in [3.8, 4) is 0 Å². The van der Waals surface area contributed by atoms with Crippen molar-refractivity contribution in [1.82, 2.24) is 0 Å². The summed E-state index contributed by atoms with van der Waals surface area (Å²) in [6.07, 6.45) is 3.27. The molecule has 1 fully saturated rings. The lowest BCUT2D eigenvalue weighted by molar-refractivity contribution is 0.0602. The highest BCUT2D eigenvalue weighted by Crippen LogP contribution is 2.23. The van der Waals surface area contributed by atoms with Crippen LogP contribution >= 0.6 is 0 Å². The van der Waals surface area contributed by atoms with Gasteiger partial charge in [0, 0.05) is 13.2 Å². The number of aliphatic imine (C=N–C) groups is 1. The van der Waals surface area contributed by atoms with E-state index in [9.17, 15) is 4.79 Å². The summed E-state index contributed by atoms with van der Waals surface area (Å²) in [5, 5.41) is 0. The van der Waals surface area contributed by atoms with Gasteiger partial charge in [-0.05, 0) is 19.8 Å². The van der Waals surface area contributed by atoms with Gasteiger partial charge in [-0.3, -0.25) is 0 Å². The summed E-state index contributed by atoms with van der Waals surface area (Å²) in [6.45, 7) is 3.38. The lowest BCUT2D eigenvalue weighted by atomic mass is 9.94. The second kappa shape index (κ2) is 2.95. The zero-order valence-electron chi connectivity index (χ0n) is 6.09. The molecule has 0 unspecified atom stereocenters. The first-order chi connectivity index (χ1) is 4.77. The molecule has 10 heavy (non-hydrogen) atoms. The first kappa shape index (κ1) is 7.45. The molecule has 0 aliphatic carbocycles. The molecule has 0 aromatic heterocycles. The number of rotatable bonds is 1. The van der Waals surface area contributed by atoms with Crippen LogP contribution < -0.4 is 0 Å². The molecule has 0 bridgehead atoms. The maximum atomic E-state index is 9.95. The maximum Gasteiger partial charge on any atom is 0.235 e. The van der Waals surface area contributed by atoms with Gasteiger partial charge in [-0.1, -0.05) is 0 Å². The number of carbonyl (C=O) groups excluding carboxylic acids is 1.